The van der Waals surface area contributed by atoms with E-state index in [0.29, 0.717) is 0 Å². The van der Waals surface area contributed by atoms with Gasteiger partial charge in [0.15, 0.2) is 0 Å². The molecule has 0 heterocycles. The van der Waals surface area contributed by atoms with Gasteiger partial charge in [0.05, 0.1) is 26.1 Å². The zero-order valence-corrected chi connectivity index (χ0v) is 16.6. The van der Waals surface area contributed by atoms with Gasteiger partial charge < -0.3 is 10.4 Å². The molecule has 0 aliphatic rings. The molecule has 0 radical (unpaired) electrons. The number of phenols is 1. The molecule has 0 unspecified atom stereocenters. The first-order chi connectivity index (χ1) is 13.4. The minimum Gasteiger partial charge on any atom is -0.507 e. The van der Waals surface area contributed by atoms with Crippen molar-refractivity contribution in [2.24, 2.45) is 0 Å². The van der Waals surface area contributed by atoms with E-state index < -0.39 is 41.7 Å². The fraction of sp³-hybridized carbons (Fsp3) is 0. The summed E-state index contributed by atoms with van der Waals surface area (Å²) in [6, 6.07) is 9.38. The number of nitrogens with one attached hydrogen (secondary N) is 1. The van der Waals surface area contributed by atoms with E-state index in [2.05, 4.69) is 5.32 Å². The quantitative estimate of drug-likeness (QED) is 0.435. The molecule has 0 saturated heterocycles. The van der Waals surface area contributed by atoms with Crippen molar-refractivity contribution in [3.8, 4) is 5.75 Å². The molecular weight excluding hydrogens is 446 g/mol. The lowest BCUT2D eigenvalue weighted by molar-refractivity contribution is 0.102. The second-order valence-corrected chi connectivity index (χ2v) is 9.15. The molecule has 0 aliphatic carbocycles. The maximum atomic E-state index is 12.6. The predicted molar refractivity (Wildman–Crippen MR) is 105 cm³/mol. The van der Waals surface area contributed by atoms with E-state index in [4.69, 9.17) is 11.6 Å². The van der Waals surface area contributed by atoms with Crippen LogP contribution in [-0.4, -0.2) is 37.0 Å². The van der Waals surface area contributed by atoms with Gasteiger partial charge in [0, 0.05) is 11.5 Å². The summed E-state index contributed by atoms with van der Waals surface area (Å²) < 4.78 is 64.6. The summed E-state index contributed by atoms with van der Waals surface area (Å²) in [6.07, 6.45) is 0. The van der Waals surface area contributed by atoms with Crippen LogP contribution in [0.5, 0.6) is 5.75 Å². The molecule has 3 rings (SSSR count). The molecule has 0 saturated carbocycles. The number of carbonyl (C=O) groups excluding carboxylic acids is 1. The second-order valence-electron chi connectivity index (χ2n) is 5.90. The van der Waals surface area contributed by atoms with Crippen LogP contribution in [0.4, 0.5) is 5.69 Å². The van der Waals surface area contributed by atoms with Gasteiger partial charge >= 0.3 is 0 Å². The van der Waals surface area contributed by atoms with Gasteiger partial charge in [0.1, 0.15) is 5.75 Å². The number of rotatable bonds is 4. The first-order valence-electron chi connectivity index (χ1n) is 7.69. The molecule has 152 valence electrons. The molecule has 0 atom stereocenters. The average Bonchev–Trinajstić information content (AvgIpc) is 2.59. The van der Waals surface area contributed by atoms with E-state index in [1.54, 1.807) is 12.1 Å². The number of amides is 1. The fourth-order valence-electron chi connectivity index (χ4n) is 2.67. The lowest BCUT2D eigenvalue weighted by Gasteiger charge is -2.13. The van der Waals surface area contributed by atoms with E-state index in [0.717, 1.165) is 24.3 Å². The van der Waals surface area contributed by atoms with E-state index in [9.17, 15) is 35.8 Å². The van der Waals surface area contributed by atoms with Gasteiger partial charge in [-0.3, -0.25) is 13.9 Å². The number of halogens is 1. The summed E-state index contributed by atoms with van der Waals surface area (Å²) in [6.45, 7) is 0. The van der Waals surface area contributed by atoms with Crippen molar-refractivity contribution in [3.05, 3.63) is 59.1 Å². The van der Waals surface area contributed by atoms with Crippen molar-refractivity contribution < 1.29 is 35.8 Å². The molecule has 0 aromatic heterocycles. The number of aromatic hydroxyl groups is 1. The van der Waals surface area contributed by atoms with Crippen LogP contribution < -0.4 is 5.32 Å². The number of fused-ring (bicyclic) bond motifs is 1. The van der Waals surface area contributed by atoms with Crippen LogP contribution in [0.3, 0.4) is 0 Å². The van der Waals surface area contributed by atoms with Gasteiger partial charge in [-0.15, -0.1) is 0 Å². The number of hydrogen-bond donors (Lipinski definition) is 4. The first-order valence-corrected chi connectivity index (χ1v) is 11.0. The van der Waals surface area contributed by atoms with Crippen LogP contribution in [-0.2, 0) is 20.2 Å². The Bertz CT molecular complexity index is 1360. The third-order valence-electron chi connectivity index (χ3n) is 3.94. The summed E-state index contributed by atoms with van der Waals surface area (Å²) in [7, 11) is -9.48. The molecule has 12 heteroatoms. The summed E-state index contributed by atoms with van der Waals surface area (Å²) in [5.74, 6) is -1.41. The number of phenolic OH excluding ortho intramolecular Hbond substituents is 1. The van der Waals surface area contributed by atoms with Gasteiger partial charge in [0.25, 0.3) is 26.1 Å². The molecule has 3 aromatic carbocycles. The molecule has 3 aromatic rings. The largest absolute Gasteiger partial charge is 0.507 e. The van der Waals surface area contributed by atoms with Crippen LogP contribution in [0.15, 0.2) is 58.3 Å². The highest BCUT2D eigenvalue weighted by atomic mass is 35.5. The second kappa shape index (κ2) is 7.28. The minimum absolute atomic E-state index is 0.0496. The van der Waals surface area contributed by atoms with Gasteiger partial charge in [0.2, 0.25) is 0 Å². The van der Waals surface area contributed by atoms with Crippen LogP contribution in [0, 0.1) is 0 Å². The third kappa shape index (κ3) is 4.33. The number of anilines is 1. The van der Waals surface area contributed by atoms with Crippen molar-refractivity contribution in [2.45, 2.75) is 9.79 Å². The smallest absolute Gasteiger partial charge is 0.294 e. The molecule has 0 bridgehead atoms. The summed E-state index contributed by atoms with van der Waals surface area (Å²) in [5, 5.41) is 12.5. The van der Waals surface area contributed by atoms with E-state index in [1.807, 2.05) is 0 Å². The standard InChI is InChI=1S/C17H12ClNO8S2/c18-13-4-2-1-3-12(13)17(21)19-14-7-10(28(22,23)24)5-9-6-11(29(25,26)27)8-15(20)16(9)14/h1-8,20H,(H,19,21)(H,22,23,24)(H,25,26,27). The van der Waals surface area contributed by atoms with Crippen molar-refractivity contribution in [2.75, 3.05) is 5.32 Å². The Morgan fingerprint density at radius 1 is 0.897 bits per heavy atom. The van der Waals surface area contributed by atoms with Crippen molar-refractivity contribution in [1.82, 2.24) is 0 Å². The van der Waals surface area contributed by atoms with Crippen LogP contribution in [0.25, 0.3) is 10.8 Å². The number of carbonyl (C=O) groups is 1. The molecule has 4 N–H and O–H groups in total. The summed E-state index contributed by atoms with van der Waals surface area (Å²) in [4.78, 5) is 11.2. The molecule has 9 nitrogen and oxygen atoms in total. The van der Waals surface area contributed by atoms with Gasteiger partial charge in [-0.05, 0) is 35.7 Å². The molecule has 0 aliphatic heterocycles. The molecule has 0 spiro atoms. The van der Waals surface area contributed by atoms with Gasteiger partial charge in [-0.2, -0.15) is 16.8 Å². The predicted octanol–water partition coefficient (Wildman–Crippen LogP) is 2.94. The van der Waals surface area contributed by atoms with E-state index in [-0.39, 0.29) is 27.0 Å². The minimum atomic E-state index is -4.76. The van der Waals surface area contributed by atoms with Crippen molar-refractivity contribution >= 4 is 54.2 Å². The lowest BCUT2D eigenvalue weighted by Crippen LogP contribution is -2.13. The summed E-state index contributed by atoms with van der Waals surface area (Å²) in [5.41, 5.74) is -0.187. The highest BCUT2D eigenvalue weighted by Crippen LogP contribution is 2.37. The van der Waals surface area contributed by atoms with Crippen molar-refractivity contribution in [1.29, 1.82) is 0 Å². The normalized spacial score (nSPS) is 12.1. The molecule has 29 heavy (non-hydrogen) atoms. The van der Waals surface area contributed by atoms with Crippen molar-refractivity contribution in [3.63, 3.8) is 0 Å². The zero-order valence-electron chi connectivity index (χ0n) is 14.2. The monoisotopic (exact) mass is 457 g/mol. The Morgan fingerprint density at radius 3 is 2.00 bits per heavy atom. The average molecular weight is 458 g/mol. The van der Waals surface area contributed by atoms with Crippen LogP contribution in [0.1, 0.15) is 10.4 Å². The summed E-state index contributed by atoms with van der Waals surface area (Å²) >= 11 is 5.97. The Balaban J connectivity index is 2.27. The SMILES string of the molecule is O=C(Nc1cc(S(=O)(=O)O)cc2cc(S(=O)(=O)O)cc(O)c12)c1ccccc1Cl. The Morgan fingerprint density at radius 2 is 1.45 bits per heavy atom. The molecular formula is C17H12ClNO8S2. The van der Waals surface area contributed by atoms with Crippen LogP contribution in [0.2, 0.25) is 5.02 Å². The van der Waals surface area contributed by atoms with Gasteiger partial charge in [-0.1, -0.05) is 23.7 Å². The Kier molecular flexibility index (Phi) is 5.28. The van der Waals surface area contributed by atoms with E-state index >= 15 is 0 Å². The molecule has 0 fully saturated rings. The highest BCUT2D eigenvalue weighted by Gasteiger charge is 2.21. The maximum Gasteiger partial charge on any atom is 0.294 e. The highest BCUT2D eigenvalue weighted by molar-refractivity contribution is 7.86. The first kappa shape index (κ1) is 21.0. The Hall–Kier alpha value is -2.70. The zero-order chi connectivity index (χ0) is 21.6. The fourth-order valence-corrected chi connectivity index (χ4v) is 3.97. The topological polar surface area (TPSA) is 158 Å². The van der Waals surface area contributed by atoms with E-state index in [1.165, 1.54) is 12.1 Å². The lowest BCUT2D eigenvalue weighted by atomic mass is 10.1. The number of benzene rings is 3. The van der Waals surface area contributed by atoms with Crippen LogP contribution >= 0.6 is 11.6 Å². The Labute approximate surface area is 170 Å². The molecule has 1 amide bonds. The third-order valence-corrected chi connectivity index (χ3v) is 5.93. The number of hydrogen-bond acceptors (Lipinski definition) is 6. The van der Waals surface area contributed by atoms with Gasteiger partial charge in [-0.25, -0.2) is 0 Å². The maximum absolute atomic E-state index is 12.6.